The van der Waals surface area contributed by atoms with Gasteiger partial charge in [-0.15, -0.1) is 0 Å². The van der Waals surface area contributed by atoms with Crippen LogP contribution in [0.2, 0.25) is 0 Å². The molecule has 0 amide bonds. The molecule has 1 rings (SSSR count). The van der Waals surface area contributed by atoms with Crippen LogP contribution in [0.1, 0.15) is 32.3 Å². The smallest absolute Gasteiger partial charge is 0.126 e. The predicted octanol–water partition coefficient (Wildman–Crippen LogP) is 2.82. The molecule has 1 aromatic carbocycles. The quantitative estimate of drug-likeness (QED) is 0.843. The number of halogens is 1. The summed E-state index contributed by atoms with van der Waals surface area (Å²) in [6.07, 6.45) is 2.50. The fraction of sp³-hybridized carbons (Fsp3) is 0.600. The van der Waals surface area contributed by atoms with E-state index in [4.69, 9.17) is 5.73 Å². The van der Waals surface area contributed by atoms with Gasteiger partial charge < -0.3 is 10.6 Å². The summed E-state index contributed by atoms with van der Waals surface area (Å²) in [6, 6.07) is 6.82. The fourth-order valence-corrected chi connectivity index (χ4v) is 2.83. The second kappa shape index (κ2) is 6.30. The molecule has 0 fully saturated rings. The zero-order chi connectivity index (χ0) is 13.8. The van der Waals surface area contributed by atoms with Gasteiger partial charge in [-0.2, -0.15) is 0 Å². The minimum Gasteiger partial charge on any atom is -0.326 e. The molecule has 0 heterocycles. The Hall–Kier alpha value is -0.930. The van der Waals surface area contributed by atoms with E-state index >= 15 is 0 Å². The van der Waals surface area contributed by atoms with E-state index < -0.39 is 0 Å². The van der Waals surface area contributed by atoms with E-state index in [9.17, 15) is 4.39 Å². The molecule has 0 bridgehead atoms. The Bertz CT molecular complexity index is 373. The summed E-state index contributed by atoms with van der Waals surface area (Å²) < 4.78 is 13.7. The van der Waals surface area contributed by atoms with E-state index in [1.165, 1.54) is 6.07 Å². The Kier molecular flexibility index (Phi) is 5.29. The Morgan fingerprint density at radius 1 is 1.22 bits per heavy atom. The Labute approximate surface area is 110 Å². The van der Waals surface area contributed by atoms with Crippen molar-refractivity contribution in [2.24, 2.45) is 5.73 Å². The van der Waals surface area contributed by atoms with Crippen LogP contribution in [0, 0.1) is 5.82 Å². The van der Waals surface area contributed by atoms with Gasteiger partial charge >= 0.3 is 0 Å². The van der Waals surface area contributed by atoms with Gasteiger partial charge in [0, 0.05) is 11.6 Å². The molecule has 0 aliphatic heterocycles. The third-order valence-corrected chi connectivity index (χ3v) is 4.20. The third-order valence-electron chi connectivity index (χ3n) is 4.20. The van der Waals surface area contributed by atoms with Gasteiger partial charge in [0.05, 0.1) is 0 Å². The highest BCUT2D eigenvalue weighted by atomic mass is 19.1. The van der Waals surface area contributed by atoms with Crippen LogP contribution < -0.4 is 5.73 Å². The molecule has 0 saturated carbocycles. The number of benzene rings is 1. The summed E-state index contributed by atoms with van der Waals surface area (Å²) in [5.41, 5.74) is 7.01. The average Bonchev–Trinajstić information content (AvgIpc) is 2.34. The van der Waals surface area contributed by atoms with E-state index in [-0.39, 0.29) is 17.4 Å². The van der Waals surface area contributed by atoms with Crippen LogP contribution in [0.25, 0.3) is 0 Å². The van der Waals surface area contributed by atoms with Crippen molar-refractivity contribution >= 4 is 0 Å². The van der Waals surface area contributed by atoms with E-state index in [1.807, 2.05) is 26.2 Å². The molecule has 2 nitrogen and oxygen atoms in total. The zero-order valence-electron chi connectivity index (χ0n) is 11.9. The standard InChI is InChI=1S/C15H25FN2/c1-5-15(6-2,18(3)4)14(17)11-12-9-7-8-10-13(12)16/h7-10,14H,5-6,11,17H2,1-4H3. The number of likely N-dealkylation sites (N-methyl/N-ethyl adjacent to an activating group) is 1. The molecular weight excluding hydrogens is 227 g/mol. The van der Waals surface area contributed by atoms with E-state index in [0.717, 1.165) is 12.8 Å². The highest BCUT2D eigenvalue weighted by molar-refractivity contribution is 5.19. The highest BCUT2D eigenvalue weighted by Crippen LogP contribution is 2.27. The number of nitrogens with two attached hydrogens (primary N) is 1. The molecule has 1 unspecified atom stereocenters. The second-order valence-corrected chi connectivity index (χ2v) is 5.11. The van der Waals surface area contributed by atoms with Crippen LogP contribution in [-0.2, 0) is 6.42 Å². The zero-order valence-corrected chi connectivity index (χ0v) is 11.9. The lowest BCUT2D eigenvalue weighted by atomic mass is 9.80. The molecule has 102 valence electrons. The normalized spacial score (nSPS) is 13.9. The maximum Gasteiger partial charge on any atom is 0.126 e. The van der Waals surface area contributed by atoms with Crippen LogP contribution in [0.3, 0.4) is 0 Å². The molecule has 0 spiro atoms. The molecule has 1 atom stereocenters. The maximum atomic E-state index is 13.7. The van der Waals surface area contributed by atoms with Crippen LogP contribution in [0.4, 0.5) is 4.39 Å². The van der Waals surface area contributed by atoms with Crippen molar-refractivity contribution in [1.29, 1.82) is 0 Å². The molecule has 0 aliphatic carbocycles. The molecule has 0 radical (unpaired) electrons. The first-order chi connectivity index (χ1) is 8.47. The molecule has 1 aromatic rings. The fourth-order valence-electron chi connectivity index (χ4n) is 2.83. The molecule has 0 saturated heterocycles. The van der Waals surface area contributed by atoms with Crippen molar-refractivity contribution in [2.45, 2.75) is 44.7 Å². The van der Waals surface area contributed by atoms with Gasteiger partial charge in [0.2, 0.25) is 0 Å². The minimum absolute atomic E-state index is 0.0672. The van der Waals surface area contributed by atoms with Crippen LogP contribution in [0.15, 0.2) is 24.3 Å². The van der Waals surface area contributed by atoms with Gasteiger partial charge in [-0.05, 0) is 45.0 Å². The van der Waals surface area contributed by atoms with Gasteiger partial charge in [0.25, 0.3) is 0 Å². The Morgan fingerprint density at radius 2 is 1.78 bits per heavy atom. The number of hydrogen-bond acceptors (Lipinski definition) is 2. The average molecular weight is 252 g/mol. The van der Waals surface area contributed by atoms with Crippen LogP contribution in [0.5, 0.6) is 0 Å². The van der Waals surface area contributed by atoms with Crippen molar-refractivity contribution in [3.05, 3.63) is 35.6 Å². The molecule has 0 aliphatic rings. The van der Waals surface area contributed by atoms with Gasteiger partial charge in [-0.1, -0.05) is 32.0 Å². The first-order valence-electron chi connectivity index (χ1n) is 6.64. The topological polar surface area (TPSA) is 29.3 Å². The number of hydrogen-bond donors (Lipinski definition) is 1. The lowest BCUT2D eigenvalue weighted by Crippen LogP contribution is -2.57. The van der Waals surface area contributed by atoms with E-state index in [2.05, 4.69) is 18.7 Å². The first kappa shape index (κ1) is 15.1. The van der Waals surface area contributed by atoms with E-state index in [1.54, 1.807) is 6.07 Å². The van der Waals surface area contributed by atoms with Gasteiger partial charge in [-0.25, -0.2) is 4.39 Å². The summed E-state index contributed by atoms with van der Waals surface area (Å²) in [7, 11) is 4.10. The third kappa shape index (κ3) is 2.90. The van der Waals surface area contributed by atoms with Crippen molar-refractivity contribution in [1.82, 2.24) is 4.90 Å². The predicted molar refractivity (Wildman–Crippen MR) is 75.1 cm³/mol. The summed E-state index contributed by atoms with van der Waals surface area (Å²) in [6.45, 7) is 4.29. The maximum absolute atomic E-state index is 13.7. The molecule has 2 N–H and O–H groups in total. The minimum atomic E-state index is -0.159. The Morgan fingerprint density at radius 3 is 2.22 bits per heavy atom. The summed E-state index contributed by atoms with van der Waals surface area (Å²) in [5.74, 6) is -0.159. The SMILES string of the molecule is CCC(CC)(C(N)Cc1ccccc1F)N(C)C. The summed E-state index contributed by atoms with van der Waals surface area (Å²) in [4.78, 5) is 2.18. The van der Waals surface area contributed by atoms with Gasteiger partial charge in [0.1, 0.15) is 5.82 Å². The molecular formula is C15H25FN2. The van der Waals surface area contributed by atoms with Crippen LogP contribution in [-0.4, -0.2) is 30.6 Å². The first-order valence-corrected chi connectivity index (χ1v) is 6.64. The molecule has 18 heavy (non-hydrogen) atoms. The molecule has 0 aromatic heterocycles. The lowest BCUT2D eigenvalue weighted by molar-refractivity contribution is 0.105. The highest BCUT2D eigenvalue weighted by Gasteiger charge is 2.35. The molecule has 3 heteroatoms. The lowest BCUT2D eigenvalue weighted by Gasteiger charge is -2.43. The van der Waals surface area contributed by atoms with Crippen molar-refractivity contribution < 1.29 is 4.39 Å². The monoisotopic (exact) mass is 252 g/mol. The summed E-state index contributed by atoms with van der Waals surface area (Å²) >= 11 is 0. The van der Waals surface area contributed by atoms with Crippen molar-refractivity contribution in [3.8, 4) is 0 Å². The largest absolute Gasteiger partial charge is 0.326 e. The van der Waals surface area contributed by atoms with Crippen molar-refractivity contribution in [2.75, 3.05) is 14.1 Å². The summed E-state index contributed by atoms with van der Waals surface area (Å²) in [5, 5.41) is 0. The second-order valence-electron chi connectivity index (χ2n) is 5.11. The van der Waals surface area contributed by atoms with Crippen molar-refractivity contribution in [3.63, 3.8) is 0 Å². The van der Waals surface area contributed by atoms with Crippen LogP contribution >= 0.6 is 0 Å². The Balaban J connectivity index is 2.92. The van der Waals surface area contributed by atoms with E-state index in [0.29, 0.717) is 12.0 Å². The number of nitrogens with zero attached hydrogens (tertiary/aromatic N) is 1. The van der Waals surface area contributed by atoms with Gasteiger partial charge in [-0.3, -0.25) is 0 Å². The van der Waals surface area contributed by atoms with Gasteiger partial charge in [0.15, 0.2) is 0 Å². The number of rotatable bonds is 6.